The van der Waals surface area contributed by atoms with Gasteiger partial charge < -0.3 is 10.1 Å². The maximum absolute atomic E-state index is 12.6. The van der Waals surface area contributed by atoms with E-state index < -0.39 is 6.04 Å². The highest BCUT2D eigenvalue weighted by Gasteiger charge is 2.22. The first-order chi connectivity index (χ1) is 11.2. The normalized spacial score (nSPS) is 20.9. The molecule has 1 heterocycles. The Balaban J connectivity index is 2.22. The number of nitrogens with one attached hydrogen (secondary N) is 1. The molecule has 0 radical (unpaired) electrons. The molecule has 1 aromatic rings. The fourth-order valence-electron chi connectivity index (χ4n) is 2.76. The van der Waals surface area contributed by atoms with Crippen LogP contribution in [0.1, 0.15) is 54.9 Å². The number of hydrogen-bond acceptors (Lipinski definition) is 3. The van der Waals surface area contributed by atoms with Crippen molar-refractivity contribution < 1.29 is 14.3 Å². The van der Waals surface area contributed by atoms with E-state index in [1.54, 1.807) is 6.92 Å². The maximum Gasteiger partial charge on any atom is 0.328 e. The van der Waals surface area contributed by atoms with Crippen LogP contribution in [-0.2, 0) is 16.0 Å². The molecule has 124 valence electrons. The summed E-state index contributed by atoms with van der Waals surface area (Å²) in [4.78, 5) is 24.7. The van der Waals surface area contributed by atoms with Gasteiger partial charge in [0.2, 0.25) is 0 Å². The molecule has 23 heavy (non-hydrogen) atoms. The summed E-state index contributed by atoms with van der Waals surface area (Å²) in [5.41, 5.74) is 1.70. The maximum atomic E-state index is 12.6. The van der Waals surface area contributed by atoms with Crippen LogP contribution in [0.2, 0.25) is 0 Å². The Morgan fingerprint density at radius 3 is 2.87 bits per heavy atom. The Labute approximate surface area is 137 Å². The van der Waals surface area contributed by atoms with E-state index in [0.29, 0.717) is 18.6 Å². The van der Waals surface area contributed by atoms with Crippen molar-refractivity contribution in [1.82, 2.24) is 5.32 Å². The molecule has 0 aliphatic carbocycles. The number of hydrogen-bond donors (Lipinski definition) is 1. The molecule has 0 unspecified atom stereocenters. The van der Waals surface area contributed by atoms with Crippen LogP contribution in [0.15, 0.2) is 36.4 Å². The van der Waals surface area contributed by atoms with E-state index in [9.17, 15) is 9.59 Å². The van der Waals surface area contributed by atoms with Gasteiger partial charge >= 0.3 is 5.97 Å². The van der Waals surface area contributed by atoms with Crippen LogP contribution in [-0.4, -0.2) is 24.5 Å². The number of esters is 1. The summed E-state index contributed by atoms with van der Waals surface area (Å²) in [6.07, 6.45) is 9.75. The van der Waals surface area contributed by atoms with Gasteiger partial charge in [0.15, 0.2) is 0 Å². The van der Waals surface area contributed by atoms with Crippen molar-refractivity contribution >= 4 is 11.9 Å². The molecule has 1 amide bonds. The summed E-state index contributed by atoms with van der Waals surface area (Å²) >= 11 is 0. The van der Waals surface area contributed by atoms with E-state index in [0.717, 1.165) is 37.7 Å². The van der Waals surface area contributed by atoms with Crippen LogP contribution in [0.4, 0.5) is 0 Å². The first-order valence-corrected chi connectivity index (χ1v) is 8.42. The van der Waals surface area contributed by atoms with Crippen LogP contribution in [0, 0.1) is 0 Å². The lowest BCUT2D eigenvalue weighted by atomic mass is 10.00. The molecule has 4 heteroatoms. The zero-order chi connectivity index (χ0) is 16.5. The highest BCUT2D eigenvalue weighted by atomic mass is 16.5. The third kappa shape index (κ3) is 5.23. The van der Waals surface area contributed by atoms with Crippen molar-refractivity contribution in [2.75, 3.05) is 6.61 Å². The quantitative estimate of drug-likeness (QED) is 0.672. The molecule has 0 spiro atoms. The minimum Gasteiger partial charge on any atom is -0.464 e. The van der Waals surface area contributed by atoms with E-state index >= 15 is 0 Å². The zero-order valence-corrected chi connectivity index (χ0v) is 13.7. The second kappa shape index (κ2) is 9.13. The Hall–Kier alpha value is -2.10. The van der Waals surface area contributed by atoms with Gasteiger partial charge in [-0.25, -0.2) is 4.79 Å². The third-order valence-electron chi connectivity index (χ3n) is 3.99. The molecule has 1 aromatic carbocycles. The van der Waals surface area contributed by atoms with Gasteiger partial charge in [0, 0.05) is 5.56 Å². The highest BCUT2D eigenvalue weighted by Crippen LogP contribution is 2.15. The van der Waals surface area contributed by atoms with Crippen molar-refractivity contribution in [3.63, 3.8) is 0 Å². The van der Waals surface area contributed by atoms with Gasteiger partial charge in [0.1, 0.15) is 6.04 Å². The third-order valence-corrected chi connectivity index (χ3v) is 3.99. The Morgan fingerprint density at radius 2 is 2.04 bits per heavy atom. The first kappa shape index (κ1) is 17.3. The molecule has 0 saturated carbocycles. The highest BCUT2D eigenvalue weighted by molar-refractivity contribution is 5.98. The summed E-state index contributed by atoms with van der Waals surface area (Å²) in [5, 5.41) is 2.83. The fraction of sp³-hybridized carbons (Fsp3) is 0.474. The number of rotatable bonds is 2. The molecular formula is C19H25NO3. The predicted molar refractivity (Wildman–Crippen MR) is 90.3 cm³/mol. The molecule has 0 saturated heterocycles. The Bertz CT molecular complexity index is 565. The van der Waals surface area contributed by atoms with Gasteiger partial charge in [-0.15, -0.1) is 0 Å². The lowest BCUT2D eigenvalue weighted by Crippen LogP contribution is -2.41. The van der Waals surface area contributed by atoms with Crippen LogP contribution in [0.3, 0.4) is 0 Å². The summed E-state index contributed by atoms with van der Waals surface area (Å²) in [5.74, 6) is -0.579. The molecular weight excluding hydrogens is 290 g/mol. The number of amides is 1. The largest absolute Gasteiger partial charge is 0.464 e. The first-order valence-electron chi connectivity index (χ1n) is 8.42. The van der Waals surface area contributed by atoms with Crippen molar-refractivity contribution in [3.05, 3.63) is 47.5 Å². The summed E-state index contributed by atoms with van der Waals surface area (Å²) in [6, 6.07) is 6.99. The van der Waals surface area contributed by atoms with Gasteiger partial charge in [-0.3, -0.25) is 4.79 Å². The van der Waals surface area contributed by atoms with Crippen LogP contribution in [0.5, 0.6) is 0 Å². The minimum atomic E-state index is -0.632. The smallest absolute Gasteiger partial charge is 0.328 e. The van der Waals surface area contributed by atoms with Gasteiger partial charge in [0.25, 0.3) is 5.91 Å². The number of fused-ring (bicyclic) bond motifs is 1. The molecule has 1 aliphatic rings. The monoisotopic (exact) mass is 315 g/mol. The van der Waals surface area contributed by atoms with E-state index in [1.165, 1.54) is 0 Å². The number of carbonyl (C=O) groups is 2. The minimum absolute atomic E-state index is 0.202. The standard InChI is InChI=1S/C19H25NO3/c1-2-23-19(22)17-14-8-6-4-3-5-7-11-15-12-9-10-13-16(15)18(21)20-17/h6,8-10,12-13,17H,2-5,7,11,14H2,1H3,(H,20,21)/b8-6-/t17-/m0/s1. The topological polar surface area (TPSA) is 55.4 Å². The molecule has 2 rings (SSSR count). The molecule has 1 atom stereocenters. The molecule has 0 fully saturated rings. The SMILES string of the molecule is CCOC(=O)[C@@H]1C/C=C\CCCCCc2ccccc2C(=O)N1. The van der Waals surface area contributed by atoms with Gasteiger partial charge in [-0.1, -0.05) is 36.8 Å². The van der Waals surface area contributed by atoms with E-state index in [1.807, 2.05) is 30.3 Å². The van der Waals surface area contributed by atoms with Crippen LogP contribution >= 0.6 is 0 Å². The second-order valence-electron chi connectivity index (χ2n) is 5.74. The Morgan fingerprint density at radius 1 is 1.22 bits per heavy atom. The zero-order valence-electron chi connectivity index (χ0n) is 13.7. The summed E-state index contributed by atoms with van der Waals surface area (Å²) in [7, 11) is 0. The average molecular weight is 315 g/mol. The molecule has 1 aliphatic heterocycles. The molecule has 0 bridgehead atoms. The molecule has 1 N–H and O–H groups in total. The summed E-state index contributed by atoms with van der Waals surface area (Å²) < 4.78 is 5.08. The van der Waals surface area contributed by atoms with Crippen molar-refractivity contribution in [1.29, 1.82) is 0 Å². The molecule has 4 nitrogen and oxygen atoms in total. The predicted octanol–water partition coefficient (Wildman–Crippen LogP) is 3.41. The lowest BCUT2D eigenvalue weighted by molar-refractivity contribution is -0.145. The second-order valence-corrected chi connectivity index (χ2v) is 5.74. The van der Waals surface area contributed by atoms with Gasteiger partial charge in [-0.05, 0) is 50.7 Å². The fourth-order valence-corrected chi connectivity index (χ4v) is 2.76. The average Bonchev–Trinajstić information content (AvgIpc) is 2.57. The number of allylic oxidation sites excluding steroid dienone is 1. The Kier molecular flexibility index (Phi) is 6.85. The van der Waals surface area contributed by atoms with Crippen LogP contribution < -0.4 is 5.32 Å². The molecule has 0 aromatic heterocycles. The van der Waals surface area contributed by atoms with Crippen molar-refractivity contribution in [2.24, 2.45) is 0 Å². The van der Waals surface area contributed by atoms with Crippen molar-refractivity contribution in [3.8, 4) is 0 Å². The lowest BCUT2D eigenvalue weighted by Gasteiger charge is -2.17. The summed E-state index contributed by atoms with van der Waals surface area (Å²) in [6.45, 7) is 2.08. The van der Waals surface area contributed by atoms with Crippen molar-refractivity contribution in [2.45, 2.75) is 51.5 Å². The van der Waals surface area contributed by atoms with E-state index in [4.69, 9.17) is 4.74 Å². The van der Waals surface area contributed by atoms with Gasteiger partial charge in [0.05, 0.1) is 6.61 Å². The van der Waals surface area contributed by atoms with E-state index in [-0.39, 0.29) is 11.9 Å². The van der Waals surface area contributed by atoms with E-state index in [2.05, 4.69) is 11.4 Å². The number of ether oxygens (including phenoxy) is 1. The number of aryl methyl sites for hydroxylation is 1. The van der Waals surface area contributed by atoms with Crippen LogP contribution in [0.25, 0.3) is 0 Å². The van der Waals surface area contributed by atoms with Gasteiger partial charge in [-0.2, -0.15) is 0 Å². The number of carbonyl (C=O) groups excluding carboxylic acids is 2. The number of benzene rings is 1.